The first kappa shape index (κ1) is 25.4. The number of benzene rings is 3. The molecule has 1 heterocycles. The van der Waals surface area contributed by atoms with Gasteiger partial charge in [-0.25, -0.2) is 0 Å². The summed E-state index contributed by atoms with van der Waals surface area (Å²) in [5.74, 6) is 0. The molecule has 0 unspecified atom stereocenters. The Morgan fingerprint density at radius 2 is 1.42 bits per heavy atom. The third-order valence-corrected chi connectivity index (χ3v) is 6.67. The Morgan fingerprint density at radius 1 is 0.806 bits per heavy atom. The van der Waals surface area contributed by atoms with Gasteiger partial charge in [0.25, 0.3) is 0 Å². The maximum atomic E-state index is 13.6. The van der Waals surface area contributed by atoms with Crippen LogP contribution in [0.3, 0.4) is 0 Å². The van der Waals surface area contributed by atoms with Gasteiger partial charge in [-0.2, -0.15) is 23.7 Å². The fourth-order valence-corrected chi connectivity index (χ4v) is 4.69. The van der Waals surface area contributed by atoms with E-state index >= 15 is 0 Å². The standard InChI is InChI=1S/C29H26F3N3O/c30-29(31,32)27-14-24(13-26(15-27)25-7-5-23(18-34)6-8-25)19-36-20-28(9-11-35-12-10-28)16-21-1-3-22(17-33)4-2-21/h1-8,13-15,35H,9-12,16,19-20H2. The van der Waals surface area contributed by atoms with Crippen LogP contribution in [-0.2, 0) is 23.9 Å². The van der Waals surface area contributed by atoms with Crippen molar-refractivity contribution in [2.75, 3.05) is 19.7 Å². The third-order valence-electron chi connectivity index (χ3n) is 6.67. The summed E-state index contributed by atoms with van der Waals surface area (Å²) in [4.78, 5) is 0. The molecule has 0 radical (unpaired) electrons. The van der Waals surface area contributed by atoms with Crippen LogP contribution in [0.4, 0.5) is 13.2 Å². The zero-order valence-electron chi connectivity index (χ0n) is 19.7. The lowest BCUT2D eigenvalue weighted by Crippen LogP contribution is -2.41. The van der Waals surface area contributed by atoms with Crippen LogP contribution in [0.15, 0.2) is 66.7 Å². The Hall–Kier alpha value is -3.65. The van der Waals surface area contributed by atoms with E-state index < -0.39 is 11.7 Å². The van der Waals surface area contributed by atoms with E-state index in [0.717, 1.165) is 50.0 Å². The van der Waals surface area contributed by atoms with Crippen LogP contribution in [-0.4, -0.2) is 19.7 Å². The molecule has 3 aromatic rings. The van der Waals surface area contributed by atoms with E-state index in [9.17, 15) is 13.2 Å². The summed E-state index contributed by atoms with van der Waals surface area (Å²) in [5, 5.41) is 21.4. The minimum Gasteiger partial charge on any atom is -0.376 e. The molecule has 0 saturated carbocycles. The molecule has 1 saturated heterocycles. The molecule has 1 N–H and O–H groups in total. The molecule has 0 atom stereocenters. The molecule has 1 aliphatic heterocycles. The molecule has 1 aliphatic rings. The Balaban J connectivity index is 1.52. The molecular weight excluding hydrogens is 463 g/mol. The lowest BCUT2D eigenvalue weighted by atomic mass is 9.75. The van der Waals surface area contributed by atoms with E-state index in [2.05, 4.69) is 11.4 Å². The van der Waals surface area contributed by atoms with E-state index in [0.29, 0.717) is 34.4 Å². The van der Waals surface area contributed by atoms with Gasteiger partial charge in [-0.3, -0.25) is 0 Å². The van der Waals surface area contributed by atoms with Gasteiger partial charge in [0.1, 0.15) is 0 Å². The summed E-state index contributed by atoms with van der Waals surface area (Å²) < 4.78 is 47.0. The van der Waals surface area contributed by atoms with Crippen molar-refractivity contribution in [3.63, 3.8) is 0 Å². The summed E-state index contributed by atoms with van der Waals surface area (Å²) >= 11 is 0. The van der Waals surface area contributed by atoms with E-state index in [1.165, 1.54) is 0 Å². The summed E-state index contributed by atoms with van der Waals surface area (Å²) in [7, 11) is 0. The third kappa shape index (κ3) is 6.31. The second-order valence-electron chi connectivity index (χ2n) is 9.33. The fraction of sp³-hybridized carbons (Fsp3) is 0.310. The minimum absolute atomic E-state index is 0.0652. The molecule has 184 valence electrons. The molecule has 7 heteroatoms. The highest BCUT2D eigenvalue weighted by molar-refractivity contribution is 5.66. The Kier molecular flexibility index (Phi) is 7.74. The first-order valence-corrected chi connectivity index (χ1v) is 11.8. The number of hydrogen-bond acceptors (Lipinski definition) is 4. The zero-order valence-corrected chi connectivity index (χ0v) is 19.7. The van der Waals surface area contributed by atoms with E-state index in [4.69, 9.17) is 15.3 Å². The zero-order chi connectivity index (χ0) is 25.6. The number of piperidine rings is 1. The Labute approximate surface area is 208 Å². The summed E-state index contributed by atoms with van der Waals surface area (Å²) in [6.45, 7) is 2.20. The maximum absolute atomic E-state index is 13.6. The molecule has 1 fully saturated rings. The number of nitrogens with zero attached hydrogens (tertiary/aromatic N) is 2. The molecule has 3 aromatic carbocycles. The average Bonchev–Trinajstić information content (AvgIpc) is 2.89. The number of nitriles is 2. The van der Waals surface area contributed by atoms with Crippen LogP contribution in [0.1, 0.15) is 40.7 Å². The van der Waals surface area contributed by atoms with Crippen LogP contribution in [0.2, 0.25) is 0 Å². The van der Waals surface area contributed by atoms with Crippen LogP contribution in [0.5, 0.6) is 0 Å². The SMILES string of the molecule is N#Cc1ccc(CC2(COCc3cc(-c4ccc(C#N)cc4)cc(C(F)(F)F)c3)CCNCC2)cc1. The second-order valence-corrected chi connectivity index (χ2v) is 9.33. The Morgan fingerprint density at radius 3 is 2.00 bits per heavy atom. The summed E-state index contributed by atoms with van der Waals surface area (Å²) in [6.07, 6.45) is -1.92. The highest BCUT2D eigenvalue weighted by Gasteiger charge is 2.33. The lowest BCUT2D eigenvalue weighted by molar-refractivity contribution is -0.137. The summed E-state index contributed by atoms with van der Waals surface area (Å²) in [5.41, 5.74) is 2.81. The first-order chi connectivity index (χ1) is 17.3. The number of halogens is 3. The van der Waals surface area contributed by atoms with Crippen LogP contribution in [0, 0.1) is 28.1 Å². The molecule has 36 heavy (non-hydrogen) atoms. The molecule has 4 rings (SSSR count). The molecular formula is C29H26F3N3O. The van der Waals surface area contributed by atoms with Gasteiger partial charge in [-0.15, -0.1) is 0 Å². The number of alkyl halides is 3. The fourth-order valence-electron chi connectivity index (χ4n) is 4.69. The first-order valence-electron chi connectivity index (χ1n) is 11.8. The van der Waals surface area contributed by atoms with Crippen LogP contribution >= 0.6 is 0 Å². The highest BCUT2D eigenvalue weighted by Crippen LogP contribution is 2.36. The second kappa shape index (κ2) is 11.0. The van der Waals surface area contributed by atoms with Gasteiger partial charge in [0.15, 0.2) is 0 Å². The van der Waals surface area contributed by atoms with Crippen molar-refractivity contribution in [2.24, 2.45) is 5.41 Å². The Bertz CT molecular complexity index is 1260. The summed E-state index contributed by atoms with van der Waals surface area (Å²) in [6, 6.07) is 22.1. The van der Waals surface area contributed by atoms with Gasteiger partial charge < -0.3 is 10.1 Å². The monoisotopic (exact) mass is 489 g/mol. The van der Waals surface area contributed by atoms with Crippen molar-refractivity contribution in [1.29, 1.82) is 10.5 Å². The largest absolute Gasteiger partial charge is 0.416 e. The van der Waals surface area contributed by atoms with Crippen molar-refractivity contribution in [3.8, 4) is 23.3 Å². The van der Waals surface area contributed by atoms with Crippen molar-refractivity contribution < 1.29 is 17.9 Å². The minimum atomic E-state index is -4.48. The quantitative estimate of drug-likeness (QED) is 0.426. The van der Waals surface area contributed by atoms with Crippen molar-refractivity contribution in [3.05, 3.63) is 94.5 Å². The molecule has 0 aromatic heterocycles. The van der Waals surface area contributed by atoms with Crippen LogP contribution < -0.4 is 5.32 Å². The van der Waals surface area contributed by atoms with Crippen molar-refractivity contribution in [2.45, 2.75) is 32.0 Å². The van der Waals surface area contributed by atoms with Crippen molar-refractivity contribution in [1.82, 2.24) is 5.32 Å². The van der Waals surface area contributed by atoms with Gasteiger partial charge in [0.05, 0.1) is 42.0 Å². The van der Waals surface area contributed by atoms with Gasteiger partial charge in [0, 0.05) is 5.41 Å². The van der Waals surface area contributed by atoms with Gasteiger partial charge in [0.2, 0.25) is 0 Å². The number of hydrogen-bond donors (Lipinski definition) is 1. The average molecular weight is 490 g/mol. The highest BCUT2D eigenvalue weighted by atomic mass is 19.4. The van der Waals surface area contributed by atoms with E-state index in [-0.39, 0.29) is 12.0 Å². The smallest absolute Gasteiger partial charge is 0.376 e. The van der Waals surface area contributed by atoms with Crippen molar-refractivity contribution >= 4 is 0 Å². The molecule has 0 bridgehead atoms. The number of rotatable bonds is 7. The van der Waals surface area contributed by atoms with E-state index in [1.54, 1.807) is 42.5 Å². The topological polar surface area (TPSA) is 68.8 Å². The van der Waals surface area contributed by atoms with Crippen LogP contribution in [0.25, 0.3) is 11.1 Å². The number of nitrogens with one attached hydrogen (secondary N) is 1. The lowest BCUT2D eigenvalue weighted by Gasteiger charge is -2.37. The predicted octanol–water partition coefficient (Wildman–Crippen LogP) is 6.24. The van der Waals surface area contributed by atoms with E-state index in [1.807, 2.05) is 18.2 Å². The molecule has 0 spiro atoms. The normalized spacial score (nSPS) is 15.1. The number of ether oxygens (including phenoxy) is 1. The van der Waals surface area contributed by atoms with Gasteiger partial charge in [-0.05, 0) is 97.1 Å². The molecule has 0 amide bonds. The molecule has 0 aliphatic carbocycles. The maximum Gasteiger partial charge on any atom is 0.416 e. The molecule has 4 nitrogen and oxygen atoms in total. The predicted molar refractivity (Wildman–Crippen MR) is 131 cm³/mol. The van der Waals surface area contributed by atoms with Gasteiger partial charge >= 0.3 is 6.18 Å². The van der Waals surface area contributed by atoms with Gasteiger partial charge in [-0.1, -0.05) is 24.3 Å².